The predicted molar refractivity (Wildman–Crippen MR) is 102 cm³/mol. The highest BCUT2D eigenvalue weighted by Gasteiger charge is 2.23. The van der Waals surface area contributed by atoms with Crippen LogP contribution >= 0.6 is 12.2 Å². The smallest absolute Gasteiger partial charge is 0.131 e. The Balaban J connectivity index is 0.000000200. The van der Waals surface area contributed by atoms with Crippen LogP contribution in [0.4, 0.5) is 4.39 Å². The predicted octanol–water partition coefficient (Wildman–Crippen LogP) is 5.19. The molecule has 3 heteroatoms. The van der Waals surface area contributed by atoms with E-state index in [4.69, 9.17) is 0 Å². The van der Waals surface area contributed by atoms with E-state index in [1.54, 1.807) is 23.8 Å². The molecule has 124 valence electrons. The molecule has 1 fully saturated rings. The molecule has 0 bridgehead atoms. The van der Waals surface area contributed by atoms with Crippen LogP contribution in [-0.2, 0) is 0 Å². The second kappa shape index (κ2) is 10.2. The van der Waals surface area contributed by atoms with Crippen LogP contribution in [-0.4, -0.2) is 19.5 Å². The van der Waals surface area contributed by atoms with Gasteiger partial charge in [0.25, 0.3) is 0 Å². The molecule has 1 nitrogen and oxygen atoms in total. The number of nitrogens with one attached hydrogen (secondary N) is 1. The number of halogens is 1. The average Bonchev–Trinajstić information content (AvgIpc) is 3.37. The third-order valence-electron chi connectivity index (χ3n) is 3.61. The molecule has 0 spiro atoms. The summed E-state index contributed by atoms with van der Waals surface area (Å²) in [6.45, 7) is 4.37. The third-order valence-corrected chi connectivity index (χ3v) is 3.87. The Morgan fingerprint density at radius 2 is 1.65 bits per heavy atom. The average molecular weight is 332 g/mol. The molecule has 2 aromatic carbocycles. The number of aryl methyl sites for hydroxylation is 2. The molecule has 0 heterocycles. The lowest BCUT2D eigenvalue weighted by Gasteiger charge is -2.02. The van der Waals surface area contributed by atoms with E-state index in [0.29, 0.717) is 5.56 Å². The molecular weight excluding hydrogens is 305 g/mol. The summed E-state index contributed by atoms with van der Waals surface area (Å²) in [7, 11) is 3.75. The van der Waals surface area contributed by atoms with Crippen LogP contribution in [0.15, 0.2) is 42.5 Å². The molecular formula is C20H26FNS. The van der Waals surface area contributed by atoms with Gasteiger partial charge in [-0.3, -0.25) is 0 Å². The first kappa shape index (κ1) is 19.5. The number of hydrogen-bond acceptors (Lipinski definition) is 2. The highest BCUT2D eigenvalue weighted by Crippen LogP contribution is 2.40. The minimum Gasteiger partial charge on any atom is -0.323 e. The molecule has 0 radical (unpaired) electrons. The minimum atomic E-state index is -0.257. The van der Waals surface area contributed by atoms with Crippen LogP contribution in [0.25, 0.3) is 0 Å². The van der Waals surface area contributed by atoms with Gasteiger partial charge in [0.1, 0.15) is 5.82 Å². The third kappa shape index (κ3) is 7.02. The van der Waals surface area contributed by atoms with E-state index in [9.17, 15) is 4.39 Å². The summed E-state index contributed by atoms with van der Waals surface area (Å²) < 4.78 is 12.5. The lowest BCUT2D eigenvalue weighted by atomic mass is 10.0. The largest absolute Gasteiger partial charge is 0.323 e. The van der Waals surface area contributed by atoms with E-state index >= 15 is 0 Å². The normalized spacial score (nSPS) is 12.4. The zero-order valence-electron chi connectivity index (χ0n) is 14.4. The van der Waals surface area contributed by atoms with Crippen LogP contribution in [0.3, 0.4) is 0 Å². The first-order valence-electron chi connectivity index (χ1n) is 7.88. The lowest BCUT2D eigenvalue weighted by Crippen LogP contribution is -1.89. The first-order valence-corrected chi connectivity index (χ1v) is 8.36. The number of thiocarbonyl (C=S) groups is 1. The molecule has 0 aromatic heterocycles. The van der Waals surface area contributed by atoms with Gasteiger partial charge in [-0.25, -0.2) is 4.39 Å². The van der Waals surface area contributed by atoms with Gasteiger partial charge in [0, 0.05) is 10.9 Å². The summed E-state index contributed by atoms with van der Waals surface area (Å²) in [5, 5.41) is 4.08. The Morgan fingerprint density at radius 1 is 1.04 bits per heavy atom. The topological polar surface area (TPSA) is 12.0 Å². The van der Waals surface area contributed by atoms with Crippen molar-refractivity contribution in [3.05, 3.63) is 70.5 Å². The van der Waals surface area contributed by atoms with Gasteiger partial charge in [0.15, 0.2) is 0 Å². The van der Waals surface area contributed by atoms with Crippen molar-refractivity contribution in [2.24, 2.45) is 0 Å². The first-order chi connectivity index (χ1) is 11.0. The van der Waals surface area contributed by atoms with Crippen LogP contribution in [0, 0.1) is 19.7 Å². The van der Waals surface area contributed by atoms with Crippen LogP contribution in [0.5, 0.6) is 0 Å². The number of rotatable bonds is 2. The zero-order chi connectivity index (χ0) is 17.2. The number of benzene rings is 2. The van der Waals surface area contributed by atoms with Crippen molar-refractivity contribution in [2.45, 2.75) is 32.6 Å². The number of hydrogen-bond donors (Lipinski definition) is 1. The second-order valence-electron chi connectivity index (χ2n) is 5.76. The Morgan fingerprint density at radius 3 is 2.09 bits per heavy atom. The SMILES string of the molecule is CNC.Cc1ccc(C2CC2)cc1C.Fc1ccccc1C=S. The molecule has 3 rings (SSSR count). The van der Waals surface area contributed by atoms with E-state index < -0.39 is 0 Å². The van der Waals surface area contributed by atoms with Crippen LogP contribution < -0.4 is 5.32 Å². The summed E-state index contributed by atoms with van der Waals surface area (Å²) in [5.41, 5.74) is 4.88. The molecule has 2 aromatic rings. The van der Waals surface area contributed by atoms with Crippen LogP contribution in [0.1, 0.15) is 41.0 Å². The fraction of sp³-hybridized carbons (Fsp3) is 0.350. The minimum absolute atomic E-state index is 0.257. The van der Waals surface area contributed by atoms with E-state index in [-0.39, 0.29) is 5.82 Å². The van der Waals surface area contributed by atoms with Crippen LogP contribution in [0.2, 0.25) is 0 Å². The van der Waals surface area contributed by atoms with Gasteiger partial charge in [-0.15, -0.1) is 0 Å². The molecule has 1 aliphatic carbocycles. The van der Waals surface area contributed by atoms with Crippen molar-refractivity contribution in [1.82, 2.24) is 5.32 Å². The van der Waals surface area contributed by atoms with E-state index in [2.05, 4.69) is 49.6 Å². The van der Waals surface area contributed by atoms with Crippen molar-refractivity contribution in [3.8, 4) is 0 Å². The summed E-state index contributed by atoms with van der Waals surface area (Å²) >= 11 is 4.54. The van der Waals surface area contributed by atoms with E-state index in [1.807, 2.05) is 14.1 Å². The molecule has 0 unspecified atom stereocenters. The van der Waals surface area contributed by atoms with Gasteiger partial charge in [-0.05, 0) is 69.5 Å². The summed E-state index contributed by atoms with van der Waals surface area (Å²) in [5.74, 6) is 0.641. The Labute approximate surface area is 144 Å². The molecule has 0 atom stereocenters. The second-order valence-corrected chi connectivity index (χ2v) is 5.99. The Hall–Kier alpha value is -1.58. The maximum absolute atomic E-state index is 12.5. The van der Waals surface area contributed by atoms with Crippen molar-refractivity contribution in [2.75, 3.05) is 14.1 Å². The maximum atomic E-state index is 12.5. The molecule has 0 aliphatic heterocycles. The molecule has 23 heavy (non-hydrogen) atoms. The Bertz CT molecular complexity index is 621. The van der Waals surface area contributed by atoms with Gasteiger partial charge in [-0.1, -0.05) is 48.6 Å². The standard InChI is InChI=1S/C11H14.C7H5FS.C2H7N/c1-8-3-4-11(7-9(8)2)10-5-6-10;8-7-4-2-1-3-6(7)5-9;1-3-2/h3-4,7,10H,5-6H2,1-2H3;1-5H;3H,1-2H3. The van der Waals surface area contributed by atoms with E-state index in [0.717, 1.165) is 5.92 Å². The van der Waals surface area contributed by atoms with Crippen molar-refractivity contribution in [3.63, 3.8) is 0 Å². The molecule has 0 amide bonds. The zero-order valence-corrected chi connectivity index (χ0v) is 15.2. The quantitative estimate of drug-likeness (QED) is 0.760. The molecule has 1 saturated carbocycles. The lowest BCUT2D eigenvalue weighted by molar-refractivity contribution is 0.626. The fourth-order valence-corrected chi connectivity index (χ4v) is 2.20. The Kier molecular flexibility index (Phi) is 8.67. The highest BCUT2D eigenvalue weighted by atomic mass is 32.1. The highest BCUT2D eigenvalue weighted by molar-refractivity contribution is 7.79. The van der Waals surface area contributed by atoms with Crippen molar-refractivity contribution < 1.29 is 4.39 Å². The molecule has 1 N–H and O–H groups in total. The van der Waals surface area contributed by atoms with Crippen molar-refractivity contribution in [1.29, 1.82) is 0 Å². The molecule has 0 saturated heterocycles. The van der Waals surface area contributed by atoms with Gasteiger partial charge in [0.2, 0.25) is 0 Å². The van der Waals surface area contributed by atoms with Gasteiger partial charge >= 0.3 is 0 Å². The molecule has 1 aliphatic rings. The van der Waals surface area contributed by atoms with Gasteiger partial charge in [0.05, 0.1) is 0 Å². The van der Waals surface area contributed by atoms with Gasteiger partial charge < -0.3 is 5.32 Å². The monoisotopic (exact) mass is 331 g/mol. The summed E-state index contributed by atoms with van der Waals surface area (Å²) in [6, 6.07) is 13.3. The van der Waals surface area contributed by atoms with Gasteiger partial charge in [-0.2, -0.15) is 0 Å². The maximum Gasteiger partial charge on any atom is 0.131 e. The summed E-state index contributed by atoms with van der Waals surface area (Å²) in [4.78, 5) is 0. The van der Waals surface area contributed by atoms with E-state index in [1.165, 1.54) is 35.4 Å². The summed E-state index contributed by atoms with van der Waals surface area (Å²) in [6.07, 6.45) is 2.81. The van der Waals surface area contributed by atoms with Crippen molar-refractivity contribution >= 4 is 17.6 Å². The fourth-order valence-electron chi connectivity index (χ4n) is 2.01.